The van der Waals surface area contributed by atoms with Crippen LogP contribution < -0.4 is 32.8 Å². The van der Waals surface area contributed by atoms with Crippen LogP contribution in [0.15, 0.2) is 77.2 Å². The minimum absolute atomic E-state index is 0.635. The number of benzene rings is 3. The second kappa shape index (κ2) is 12.3. The maximum absolute atomic E-state index is 8.49. The van der Waals surface area contributed by atoms with Gasteiger partial charge in [-0.25, -0.2) is 23.1 Å². The molecular formula is C27H25ClO8. The summed E-state index contributed by atoms with van der Waals surface area (Å²) in [4.78, 5) is 0. The van der Waals surface area contributed by atoms with E-state index in [0.29, 0.717) is 18.1 Å². The van der Waals surface area contributed by atoms with Gasteiger partial charge in [-0.05, 0) is 48.9 Å². The SMILES string of the molecule is CCOc1ccc(-c2cc3cc(OC)c(OC)cc3c(/C=C/c3ccccc3)[o+]2)cc1.[O-][Cl+3]([O-])([O-])[O-]. The first-order chi connectivity index (χ1) is 17.2. The van der Waals surface area contributed by atoms with Crippen LogP contribution in [0.1, 0.15) is 18.2 Å². The molecule has 0 aliphatic rings. The summed E-state index contributed by atoms with van der Waals surface area (Å²) in [5, 5.41) is 1.94. The van der Waals surface area contributed by atoms with Gasteiger partial charge >= 0.3 is 11.5 Å². The third-order valence-electron chi connectivity index (χ3n) is 5.00. The monoisotopic (exact) mass is 512 g/mol. The smallest absolute Gasteiger partial charge is 0.361 e. The third kappa shape index (κ3) is 7.67. The Labute approximate surface area is 211 Å². The van der Waals surface area contributed by atoms with Crippen molar-refractivity contribution < 1.29 is 47.5 Å². The molecule has 0 bridgehead atoms. The summed E-state index contributed by atoms with van der Waals surface area (Å²) < 4.78 is 56.9. The van der Waals surface area contributed by atoms with Gasteiger partial charge in [-0.2, -0.15) is 0 Å². The first-order valence-electron chi connectivity index (χ1n) is 10.8. The molecule has 4 rings (SSSR count). The van der Waals surface area contributed by atoms with Gasteiger partial charge in [-0.3, -0.25) is 0 Å². The standard InChI is InChI=1S/C27H25O4.ClHO4/c1-4-30-22-13-11-20(12-14-22)25-16-21-17-26(28-2)27(29-3)18-23(21)24(31-25)15-10-19-8-6-5-7-9-19;2-1(3,4)5/h5-18H,4H2,1-3H3;(H,2,3,4,5)/q+1;/p-1/b15-10+;. The number of halogens is 1. The van der Waals surface area contributed by atoms with Gasteiger partial charge in [0.25, 0.3) is 0 Å². The van der Waals surface area contributed by atoms with Gasteiger partial charge in [-0.1, -0.05) is 30.3 Å². The van der Waals surface area contributed by atoms with E-state index in [-0.39, 0.29) is 0 Å². The van der Waals surface area contributed by atoms with Gasteiger partial charge in [0.2, 0.25) is 0 Å². The lowest BCUT2D eigenvalue weighted by atomic mass is 10.0. The summed E-state index contributed by atoms with van der Waals surface area (Å²) in [6, 6.07) is 24.0. The molecule has 0 amide bonds. The minimum Gasteiger partial charge on any atom is -0.494 e. The van der Waals surface area contributed by atoms with E-state index in [0.717, 1.165) is 39.2 Å². The Bertz CT molecular complexity index is 1290. The first kappa shape index (κ1) is 26.9. The first-order valence-corrected chi connectivity index (χ1v) is 12.1. The van der Waals surface area contributed by atoms with E-state index in [4.69, 9.17) is 37.3 Å². The Balaban J connectivity index is 0.000000658. The molecule has 0 aliphatic heterocycles. The van der Waals surface area contributed by atoms with Crippen molar-refractivity contribution in [3.8, 4) is 28.6 Å². The highest BCUT2D eigenvalue weighted by Crippen LogP contribution is 2.37. The van der Waals surface area contributed by atoms with Crippen LogP contribution in [0.4, 0.5) is 0 Å². The van der Waals surface area contributed by atoms with Gasteiger partial charge in [-0.15, -0.1) is 10.2 Å². The van der Waals surface area contributed by atoms with Crippen LogP contribution in [-0.2, 0) is 0 Å². The van der Waals surface area contributed by atoms with Gasteiger partial charge in [0.05, 0.1) is 37.8 Å². The van der Waals surface area contributed by atoms with Crippen LogP contribution >= 0.6 is 0 Å². The molecule has 1 aromatic heterocycles. The molecule has 188 valence electrons. The van der Waals surface area contributed by atoms with Crippen LogP contribution in [0.25, 0.3) is 34.2 Å². The average Bonchev–Trinajstić information content (AvgIpc) is 2.86. The zero-order valence-electron chi connectivity index (χ0n) is 19.9. The predicted octanol–water partition coefficient (Wildman–Crippen LogP) is 2.21. The Hall–Kier alpha value is -3.66. The lowest BCUT2D eigenvalue weighted by Crippen LogP contribution is -2.68. The lowest BCUT2D eigenvalue weighted by molar-refractivity contribution is -2.00. The summed E-state index contributed by atoms with van der Waals surface area (Å²) in [6.45, 7) is 2.61. The topological polar surface area (TPSA) is 131 Å². The maximum atomic E-state index is 8.49. The van der Waals surface area contributed by atoms with E-state index in [1.165, 1.54) is 0 Å². The van der Waals surface area contributed by atoms with Gasteiger partial charge in [0.15, 0.2) is 11.5 Å². The molecule has 0 radical (unpaired) electrons. The zero-order chi connectivity index (χ0) is 26.1. The molecule has 3 aromatic carbocycles. The van der Waals surface area contributed by atoms with Crippen molar-refractivity contribution in [3.63, 3.8) is 0 Å². The molecule has 0 N–H and O–H groups in total. The number of ether oxygens (including phenoxy) is 3. The van der Waals surface area contributed by atoms with E-state index in [9.17, 15) is 0 Å². The van der Waals surface area contributed by atoms with E-state index < -0.39 is 10.2 Å². The summed E-state index contributed by atoms with van der Waals surface area (Å²) in [7, 11) is -1.67. The maximum Gasteiger partial charge on any atom is 0.361 e. The fraction of sp³-hybridized carbons (Fsp3) is 0.148. The Morgan fingerprint density at radius 2 is 1.42 bits per heavy atom. The van der Waals surface area contributed by atoms with Crippen LogP contribution in [0.5, 0.6) is 17.2 Å². The largest absolute Gasteiger partial charge is 0.494 e. The molecule has 0 fully saturated rings. The molecule has 0 saturated heterocycles. The Morgan fingerprint density at radius 1 is 0.806 bits per heavy atom. The van der Waals surface area contributed by atoms with E-state index in [1.54, 1.807) is 14.2 Å². The van der Waals surface area contributed by atoms with Crippen LogP contribution in [-0.4, -0.2) is 20.8 Å². The molecule has 1 heterocycles. The fourth-order valence-corrected chi connectivity index (χ4v) is 3.46. The molecule has 0 aliphatic carbocycles. The van der Waals surface area contributed by atoms with Crippen molar-refractivity contribution in [2.75, 3.05) is 20.8 Å². The fourth-order valence-electron chi connectivity index (χ4n) is 3.46. The molecule has 36 heavy (non-hydrogen) atoms. The van der Waals surface area contributed by atoms with Crippen LogP contribution in [0, 0.1) is 10.2 Å². The second-order valence-electron chi connectivity index (χ2n) is 7.35. The van der Waals surface area contributed by atoms with Crippen molar-refractivity contribution in [1.29, 1.82) is 0 Å². The van der Waals surface area contributed by atoms with Crippen molar-refractivity contribution in [2.45, 2.75) is 6.92 Å². The molecule has 0 saturated carbocycles. The molecule has 4 aromatic rings. The molecule has 8 nitrogen and oxygen atoms in total. The summed E-state index contributed by atoms with van der Waals surface area (Å²) in [5.74, 6) is 3.68. The molecule has 9 heteroatoms. The summed E-state index contributed by atoms with van der Waals surface area (Å²) >= 11 is 0. The summed E-state index contributed by atoms with van der Waals surface area (Å²) in [5.41, 5.74) is 2.06. The van der Waals surface area contributed by atoms with Crippen molar-refractivity contribution >= 4 is 22.9 Å². The lowest BCUT2D eigenvalue weighted by Gasteiger charge is -2.17. The molecule has 0 atom stereocenters. The molecular weight excluding hydrogens is 488 g/mol. The van der Waals surface area contributed by atoms with Crippen molar-refractivity contribution in [1.82, 2.24) is 0 Å². The second-order valence-corrected chi connectivity index (χ2v) is 8.10. The predicted molar refractivity (Wildman–Crippen MR) is 126 cm³/mol. The zero-order valence-corrected chi connectivity index (χ0v) is 20.7. The molecule has 0 unspecified atom stereocenters. The number of rotatable bonds is 7. The number of hydrogen-bond acceptors (Lipinski definition) is 7. The number of fused-ring (bicyclic) bond motifs is 1. The normalized spacial score (nSPS) is 11.2. The number of hydrogen-bond donors (Lipinski definition) is 0. The van der Waals surface area contributed by atoms with Gasteiger partial charge in [0, 0.05) is 17.5 Å². The van der Waals surface area contributed by atoms with E-state index in [1.807, 2.05) is 79.7 Å². The van der Waals surface area contributed by atoms with E-state index in [2.05, 4.69) is 12.1 Å². The van der Waals surface area contributed by atoms with Crippen LogP contribution in [0.3, 0.4) is 0 Å². The van der Waals surface area contributed by atoms with Crippen molar-refractivity contribution in [2.24, 2.45) is 0 Å². The van der Waals surface area contributed by atoms with Gasteiger partial charge in [0.1, 0.15) is 5.75 Å². The number of methoxy groups -OCH3 is 2. The van der Waals surface area contributed by atoms with Crippen molar-refractivity contribution in [3.05, 3.63) is 84.1 Å². The highest BCUT2D eigenvalue weighted by molar-refractivity contribution is 5.94. The van der Waals surface area contributed by atoms with Crippen LogP contribution in [0.2, 0.25) is 0 Å². The highest BCUT2D eigenvalue weighted by atomic mass is 35.7. The Morgan fingerprint density at radius 3 is 2.00 bits per heavy atom. The third-order valence-corrected chi connectivity index (χ3v) is 5.00. The minimum atomic E-state index is -4.94. The highest BCUT2D eigenvalue weighted by Gasteiger charge is 2.21. The van der Waals surface area contributed by atoms with E-state index >= 15 is 0 Å². The molecule has 0 spiro atoms. The Kier molecular flexibility index (Phi) is 9.24. The average molecular weight is 513 g/mol. The quantitative estimate of drug-likeness (QED) is 0.344. The van der Waals surface area contributed by atoms with Gasteiger partial charge < -0.3 is 14.2 Å². The summed E-state index contributed by atoms with van der Waals surface area (Å²) in [6.07, 6.45) is 4.03.